The van der Waals surface area contributed by atoms with Crippen LogP contribution in [0.3, 0.4) is 0 Å². The minimum atomic E-state index is -4.54. The number of imidazole rings is 1. The summed E-state index contributed by atoms with van der Waals surface area (Å²) in [6, 6.07) is 7.39. The summed E-state index contributed by atoms with van der Waals surface area (Å²) in [6.45, 7) is 0.338. The van der Waals surface area contributed by atoms with Gasteiger partial charge in [-0.05, 0) is 29.8 Å². The van der Waals surface area contributed by atoms with Crippen LogP contribution in [-0.2, 0) is 0 Å². The molecule has 36 heavy (non-hydrogen) atoms. The number of nitrogens with one attached hydrogen (secondary N) is 2. The zero-order chi connectivity index (χ0) is 25.4. The zero-order valence-electron chi connectivity index (χ0n) is 19.5. The number of fused-ring (bicyclic) bond motifs is 1. The van der Waals surface area contributed by atoms with Gasteiger partial charge < -0.3 is 20.1 Å². The van der Waals surface area contributed by atoms with Gasteiger partial charge in [-0.25, -0.2) is 4.98 Å². The van der Waals surface area contributed by atoms with Crippen molar-refractivity contribution in [3.05, 3.63) is 54.6 Å². The Kier molecular flexibility index (Phi) is 6.04. The number of benzene rings is 1. The normalized spacial score (nSPS) is 14.0. The molecule has 1 saturated heterocycles. The van der Waals surface area contributed by atoms with Crippen molar-refractivity contribution in [2.75, 3.05) is 33.9 Å². The lowest BCUT2D eigenvalue weighted by Gasteiger charge is -2.27. The molecule has 5 rings (SSSR count). The third-order valence-corrected chi connectivity index (χ3v) is 6.06. The number of carbonyl (C=O) groups is 1. The first-order valence-electron chi connectivity index (χ1n) is 11.1. The number of amides is 1. The van der Waals surface area contributed by atoms with Gasteiger partial charge in [-0.2, -0.15) is 18.3 Å². The molecule has 3 aromatic heterocycles. The average molecular weight is 500 g/mol. The van der Waals surface area contributed by atoms with E-state index in [4.69, 9.17) is 9.47 Å². The van der Waals surface area contributed by atoms with E-state index in [1.165, 1.54) is 14.2 Å². The van der Waals surface area contributed by atoms with Gasteiger partial charge in [-0.3, -0.25) is 13.9 Å². The van der Waals surface area contributed by atoms with E-state index in [9.17, 15) is 18.0 Å². The van der Waals surface area contributed by atoms with Gasteiger partial charge in [0.2, 0.25) is 0 Å². The fourth-order valence-corrected chi connectivity index (χ4v) is 4.07. The molecule has 9 nitrogen and oxygen atoms in total. The first-order valence-corrected chi connectivity index (χ1v) is 11.1. The Morgan fingerprint density at radius 2 is 1.83 bits per heavy atom. The molecule has 0 bridgehead atoms. The van der Waals surface area contributed by atoms with E-state index in [0.717, 1.165) is 24.2 Å². The number of rotatable bonds is 7. The van der Waals surface area contributed by atoms with Crippen LogP contribution in [0.15, 0.2) is 49.1 Å². The van der Waals surface area contributed by atoms with Gasteiger partial charge in [-0.15, -0.1) is 0 Å². The second-order valence-electron chi connectivity index (χ2n) is 8.36. The van der Waals surface area contributed by atoms with E-state index >= 15 is 0 Å². The van der Waals surface area contributed by atoms with Crippen molar-refractivity contribution in [2.24, 2.45) is 0 Å². The van der Waals surface area contributed by atoms with Crippen LogP contribution in [0.1, 0.15) is 16.4 Å². The van der Waals surface area contributed by atoms with E-state index < -0.39 is 18.6 Å². The standard InChI is InChI=1S/C24H23F3N6O3/c1-35-19-5-15(6-20(36-2)22(19)23(34)30-13-24(25,26)27)18-11-29-21-7-14(3-4-32(18)21)16-8-31-33(12-16)17-9-28-10-17/h3-8,11-12,17,28H,9-10,13H2,1-2H3,(H,30,34). The van der Waals surface area contributed by atoms with Gasteiger partial charge in [-0.1, -0.05) is 0 Å². The molecule has 0 unspecified atom stereocenters. The first-order chi connectivity index (χ1) is 17.3. The number of alkyl halides is 3. The van der Waals surface area contributed by atoms with Crippen LogP contribution in [-0.4, -0.2) is 65.1 Å². The number of methoxy groups -OCH3 is 2. The van der Waals surface area contributed by atoms with Gasteiger partial charge in [0.05, 0.1) is 38.3 Å². The minimum absolute atomic E-state index is 0.0773. The van der Waals surface area contributed by atoms with Crippen LogP contribution in [0, 0.1) is 0 Å². The summed E-state index contributed by atoms with van der Waals surface area (Å²) in [6.07, 6.45) is 2.84. The molecular formula is C24H23F3N6O3. The van der Waals surface area contributed by atoms with Gasteiger partial charge in [0, 0.05) is 36.6 Å². The fourth-order valence-electron chi connectivity index (χ4n) is 4.07. The number of aromatic nitrogens is 4. The zero-order valence-corrected chi connectivity index (χ0v) is 19.5. The summed E-state index contributed by atoms with van der Waals surface area (Å²) < 4.78 is 52.3. The summed E-state index contributed by atoms with van der Waals surface area (Å²) >= 11 is 0. The topological polar surface area (TPSA) is 94.7 Å². The molecular weight excluding hydrogens is 477 g/mol. The van der Waals surface area contributed by atoms with Crippen LogP contribution >= 0.6 is 0 Å². The lowest BCUT2D eigenvalue weighted by molar-refractivity contribution is -0.123. The Labute approximate surface area is 203 Å². The van der Waals surface area contributed by atoms with E-state index in [1.807, 2.05) is 45.1 Å². The number of hydrogen-bond acceptors (Lipinski definition) is 6. The average Bonchev–Trinajstić information content (AvgIpc) is 3.47. The molecule has 12 heteroatoms. The first kappa shape index (κ1) is 23.7. The maximum atomic E-state index is 12.6. The molecule has 188 valence electrons. The lowest BCUT2D eigenvalue weighted by atomic mass is 10.1. The van der Waals surface area contributed by atoms with E-state index in [0.29, 0.717) is 22.9 Å². The van der Waals surface area contributed by atoms with Gasteiger partial charge in [0.1, 0.15) is 29.3 Å². The van der Waals surface area contributed by atoms with E-state index in [1.54, 1.807) is 18.3 Å². The quantitative estimate of drug-likeness (QED) is 0.404. The maximum Gasteiger partial charge on any atom is 0.405 e. The molecule has 1 aliphatic heterocycles. The third-order valence-electron chi connectivity index (χ3n) is 6.06. The van der Waals surface area contributed by atoms with Crippen molar-refractivity contribution < 1.29 is 27.4 Å². The van der Waals surface area contributed by atoms with Crippen LogP contribution in [0.4, 0.5) is 13.2 Å². The molecule has 1 aliphatic rings. The van der Waals surface area contributed by atoms with E-state index in [-0.39, 0.29) is 17.1 Å². The SMILES string of the molecule is COc1cc(-c2cnc3cc(-c4cnn(C5CNC5)c4)ccn23)cc(OC)c1C(=O)NCC(F)(F)F. The second-order valence-corrected chi connectivity index (χ2v) is 8.36. The fraction of sp³-hybridized carbons (Fsp3) is 0.292. The van der Waals surface area contributed by atoms with Crippen molar-refractivity contribution in [1.82, 2.24) is 29.8 Å². The highest BCUT2D eigenvalue weighted by atomic mass is 19.4. The van der Waals surface area contributed by atoms with Crippen molar-refractivity contribution in [3.8, 4) is 33.9 Å². The van der Waals surface area contributed by atoms with Gasteiger partial charge in [0.25, 0.3) is 5.91 Å². The largest absolute Gasteiger partial charge is 0.496 e. The van der Waals surface area contributed by atoms with Gasteiger partial charge in [0.15, 0.2) is 0 Å². The van der Waals surface area contributed by atoms with Gasteiger partial charge >= 0.3 is 6.18 Å². The molecule has 0 radical (unpaired) electrons. The number of ether oxygens (including phenoxy) is 2. The number of halogens is 3. The predicted octanol–water partition coefficient (Wildman–Crippen LogP) is 3.32. The number of hydrogen-bond donors (Lipinski definition) is 2. The molecule has 1 aromatic carbocycles. The summed E-state index contributed by atoms with van der Waals surface area (Å²) in [5.74, 6) is -0.796. The highest BCUT2D eigenvalue weighted by Gasteiger charge is 2.30. The van der Waals surface area contributed by atoms with Crippen molar-refractivity contribution in [2.45, 2.75) is 12.2 Å². The number of pyridine rings is 1. The lowest BCUT2D eigenvalue weighted by Crippen LogP contribution is -2.43. The Bertz CT molecular complexity index is 1400. The van der Waals surface area contributed by atoms with Crippen LogP contribution in [0.25, 0.3) is 28.0 Å². The van der Waals surface area contributed by atoms with Crippen LogP contribution in [0.2, 0.25) is 0 Å². The summed E-state index contributed by atoms with van der Waals surface area (Å²) in [5.41, 5.74) is 3.80. The Balaban J connectivity index is 1.48. The molecule has 0 atom stereocenters. The third kappa shape index (κ3) is 4.47. The molecule has 0 saturated carbocycles. The second kappa shape index (κ2) is 9.19. The molecule has 1 amide bonds. The Morgan fingerprint density at radius 3 is 2.44 bits per heavy atom. The summed E-state index contributed by atoms with van der Waals surface area (Å²) in [4.78, 5) is 17.0. The Morgan fingerprint density at radius 1 is 1.11 bits per heavy atom. The van der Waals surface area contributed by atoms with Crippen molar-refractivity contribution in [3.63, 3.8) is 0 Å². The molecule has 2 N–H and O–H groups in total. The monoisotopic (exact) mass is 500 g/mol. The number of carbonyl (C=O) groups excluding carboxylic acids is 1. The highest BCUT2D eigenvalue weighted by molar-refractivity contribution is 6.00. The molecule has 4 aromatic rings. The smallest absolute Gasteiger partial charge is 0.405 e. The van der Waals surface area contributed by atoms with Crippen molar-refractivity contribution >= 4 is 11.6 Å². The number of nitrogens with zero attached hydrogens (tertiary/aromatic N) is 4. The maximum absolute atomic E-state index is 12.6. The minimum Gasteiger partial charge on any atom is -0.496 e. The Hall–Kier alpha value is -4.06. The van der Waals surface area contributed by atoms with E-state index in [2.05, 4.69) is 15.4 Å². The molecule has 0 aliphatic carbocycles. The van der Waals surface area contributed by atoms with Crippen molar-refractivity contribution in [1.29, 1.82) is 0 Å². The summed E-state index contributed by atoms with van der Waals surface area (Å²) in [5, 5.41) is 9.55. The predicted molar refractivity (Wildman–Crippen MR) is 125 cm³/mol. The molecule has 1 fully saturated rings. The highest BCUT2D eigenvalue weighted by Crippen LogP contribution is 2.36. The molecule has 4 heterocycles. The van der Waals surface area contributed by atoms with Crippen LogP contribution < -0.4 is 20.1 Å². The van der Waals surface area contributed by atoms with Crippen LogP contribution in [0.5, 0.6) is 11.5 Å². The summed E-state index contributed by atoms with van der Waals surface area (Å²) in [7, 11) is 2.67. The molecule has 0 spiro atoms.